The maximum atomic E-state index is 5.96. The Morgan fingerprint density at radius 1 is 0.727 bits per heavy atom. The van der Waals surface area contributed by atoms with Crippen molar-refractivity contribution >= 4 is 11.3 Å². The Balaban J connectivity index is 1.74. The minimum Gasteiger partial charge on any atom is -0.396 e. The van der Waals surface area contributed by atoms with Crippen LogP contribution in [0.4, 0.5) is 5.69 Å². The third-order valence-corrected chi connectivity index (χ3v) is 3.80. The van der Waals surface area contributed by atoms with E-state index >= 15 is 0 Å². The van der Waals surface area contributed by atoms with Crippen LogP contribution in [0.5, 0.6) is 0 Å². The molecule has 0 aliphatic rings. The van der Waals surface area contributed by atoms with Crippen LogP contribution in [0.3, 0.4) is 0 Å². The highest BCUT2D eigenvalue weighted by molar-refractivity contribution is 5.73. The normalized spacial score (nSPS) is 10.9. The zero-order valence-corrected chi connectivity index (χ0v) is 12.0. The number of nitrogens with two attached hydrogens (primary N) is 1. The summed E-state index contributed by atoms with van der Waals surface area (Å²) in [7, 11) is 0. The number of nitrogen functional groups attached to an aromatic ring is 1. The Kier molecular flexibility index (Phi) is 2.90. The third kappa shape index (κ3) is 2.13. The lowest BCUT2D eigenvalue weighted by molar-refractivity contribution is 1.19. The number of imidazole rings is 1. The average molecular weight is 285 g/mol. The minimum absolute atomic E-state index is 0.689. The van der Waals surface area contributed by atoms with Gasteiger partial charge in [-0.3, -0.25) is 0 Å². The van der Waals surface area contributed by atoms with Gasteiger partial charge in [0, 0.05) is 18.0 Å². The Morgan fingerprint density at radius 3 is 2.14 bits per heavy atom. The first-order valence-electron chi connectivity index (χ1n) is 7.20. The first kappa shape index (κ1) is 12.7. The van der Waals surface area contributed by atoms with E-state index in [1.165, 1.54) is 11.1 Å². The number of rotatable bonds is 2. The van der Waals surface area contributed by atoms with E-state index in [4.69, 9.17) is 5.73 Å². The molecule has 106 valence electrons. The molecule has 3 heteroatoms. The predicted octanol–water partition coefficient (Wildman–Crippen LogP) is 4.25. The number of pyridine rings is 1. The summed E-state index contributed by atoms with van der Waals surface area (Å²) in [5, 5.41) is 0. The highest BCUT2D eigenvalue weighted by Gasteiger charge is 2.06. The standard InChI is InChI=1S/C19H15N3/c20-17-7-4-12-22-13-18(21-19(17)22)16-10-8-15(9-11-16)14-5-2-1-3-6-14/h1-13H,20H2. The molecule has 0 atom stereocenters. The van der Waals surface area contributed by atoms with E-state index in [0.29, 0.717) is 5.69 Å². The van der Waals surface area contributed by atoms with Gasteiger partial charge in [-0.15, -0.1) is 0 Å². The Hall–Kier alpha value is -3.07. The highest BCUT2D eigenvalue weighted by atomic mass is 15.0. The quantitative estimate of drug-likeness (QED) is 0.598. The highest BCUT2D eigenvalue weighted by Crippen LogP contribution is 2.25. The number of aromatic nitrogens is 2. The molecular weight excluding hydrogens is 270 g/mol. The largest absolute Gasteiger partial charge is 0.396 e. The molecule has 0 amide bonds. The van der Waals surface area contributed by atoms with Gasteiger partial charge in [-0.25, -0.2) is 4.98 Å². The lowest BCUT2D eigenvalue weighted by Crippen LogP contribution is -1.90. The number of hydrogen-bond acceptors (Lipinski definition) is 2. The molecule has 0 spiro atoms. The summed E-state index contributed by atoms with van der Waals surface area (Å²) in [6, 6.07) is 22.6. The number of anilines is 1. The molecule has 0 radical (unpaired) electrons. The van der Waals surface area contributed by atoms with Crippen molar-refractivity contribution in [1.82, 2.24) is 9.38 Å². The van der Waals surface area contributed by atoms with Crippen molar-refractivity contribution in [3.8, 4) is 22.4 Å². The molecule has 0 unspecified atom stereocenters. The minimum atomic E-state index is 0.689. The lowest BCUT2D eigenvalue weighted by Gasteiger charge is -2.02. The molecule has 22 heavy (non-hydrogen) atoms. The van der Waals surface area contributed by atoms with Crippen LogP contribution in [0.1, 0.15) is 0 Å². The second-order valence-corrected chi connectivity index (χ2v) is 5.26. The summed E-state index contributed by atoms with van der Waals surface area (Å²) in [4.78, 5) is 4.62. The SMILES string of the molecule is Nc1cccn2cc(-c3ccc(-c4ccccc4)cc3)nc12. The fourth-order valence-electron chi connectivity index (χ4n) is 2.64. The molecule has 2 aromatic carbocycles. The topological polar surface area (TPSA) is 43.3 Å². The maximum Gasteiger partial charge on any atom is 0.160 e. The molecule has 4 rings (SSSR count). The summed E-state index contributed by atoms with van der Waals surface area (Å²) in [6.07, 6.45) is 3.96. The van der Waals surface area contributed by atoms with Crippen molar-refractivity contribution < 1.29 is 0 Å². The van der Waals surface area contributed by atoms with Crippen LogP contribution in [0.15, 0.2) is 79.1 Å². The van der Waals surface area contributed by atoms with E-state index in [9.17, 15) is 0 Å². The molecule has 0 aliphatic heterocycles. The molecule has 0 bridgehead atoms. The van der Waals surface area contributed by atoms with E-state index in [2.05, 4.69) is 41.4 Å². The molecule has 2 aromatic heterocycles. The monoisotopic (exact) mass is 285 g/mol. The molecule has 2 heterocycles. The fraction of sp³-hybridized carbons (Fsp3) is 0. The number of nitrogens with zero attached hydrogens (tertiary/aromatic N) is 2. The van der Waals surface area contributed by atoms with Crippen LogP contribution in [0.25, 0.3) is 28.0 Å². The summed E-state index contributed by atoms with van der Waals surface area (Å²) in [6.45, 7) is 0. The zero-order valence-electron chi connectivity index (χ0n) is 12.0. The molecule has 0 fully saturated rings. The van der Waals surface area contributed by atoms with Crippen LogP contribution in [0, 0.1) is 0 Å². The first-order chi connectivity index (χ1) is 10.8. The summed E-state index contributed by atoms with van der Waals surface area (Å²) in [5.74, 6) is 0. The van der Waals surface area contributed by atoms with Crippen molar-refractivity contribution in [2.45, 2.75) is 0 Å². The number of fused-ring (bicyclic) bond motifs is 1. The number of hydrogen-bond donors (Lipinski definition) is 1. The van der Waals surface area contributed by atoms with Gasteiger partial charge < -0.3 is 10.1 Å². The van der Waals surface area contributed by atoms with E-state index in [1.807, 2.05) is 47.1 Å². The molecule has 4 aromatic rings. The lowest BCUT2D eigenvalue weighted by atomic mass is 10.0. The van der Waals surface area contributed by atoms with E-state index < -0.39 is 0 Å². The predicted molar refractivity (Wildman–Crippen MR) is 90.5 cm³/mol. The maximum absolute atomic E-state index is 5.96. The Morgan fingerprint density at radius 2 is 1.41 bits per heavy atom. The van der Waals surface area contributed by atoms with Crippen LogP contribution >= 0.6 is 0 Å². The van der Waals surface area contributed by atoms with Gasteiger partial charge in [0.05, 0.1) is 11.4 Å². The van der Waals surface area contributed by atoms with E-state index in [0.717, 1.165) is 16.9 Å². The summed E-state index contributed by atoms with van der Waals surface area (Å²) < 4.78 is 1.95. The van der Waals surface area contributed by atoms with Crippen LogP contribution < -0.4 is 5.73 Å². The molecule has 0 saturated heterocycles. The summed E-state index contributed by atoms with van der Waals surface area (Å²) >= 11 is 0. The zero-order chi connectivity index (χ0) is 14.9. The van der Waals surface area contributed by atoms with Gasteiger partial charge >= 0.3 is 0 Å². The molecule has 2 N–H and O–H groups in total. The van der Waals surface area contributed by atoms with Gasteiger partial charge in [0.1, 0.15) is 0 Å². The van der Waals surface area contributed by atoms with Gasteiger partial charge in [0.2, 0.25) is 0 Å². The van der Waals surface area contributed by atoms with Crippen molar-refractivity contribution in [3.63, 3.8) is 0 Å². The average Bonchev–Trinajstić information content (AvgIpc) is 3.02. The second-order valence-electron chi connectivity index (χ2n) is 5.26. The fourth-order valence-corrected chi connectivity index (χ4v) is 2.64. The van der Waals surface area contributed by atoms with E-state index in [1.54, 1.807) is 0 Å². The second kappa shape index (κ2) is 5.04. The smallest absolute Gasteiger partial charge is 0.160 e. The molecular formula is C19H15N3. The molecule has 0 aliphatic carbocycles. The van der Waals surface area contributed by atoms with E-state index in [-0.39, 0.29) is 0 Å². The van der Waals surface area contributed by atoms with Crippen molar-refractivity contribution in [2.24, 2.45) is 0 Å². The van der Waals surface area contributed by atoms with Crippen LogP contribution in [-0.4, -0.2) is 9.38 Å². The van der Waals surface area contributed by atoms with Crippen molar-refractivity contribution in [1.29, 1.82) is 0 Å². The van der Waals surface area contributed by atoms with Gasteiger partial charge in [-0.2, -0.15) is 0 Å². The molecule has 3 nitrogen and oxygen atoms in total. The van der Waals surface area contributed by atoms with Crippen LogP contribution in [-0.2, 0) is 0 Å². The third-order valence-electron chi connectivity index (χ3n) is 3.80. The summed E-state index contributed by atoms with van der Waals surface area (Å²) in [5.41, 5.74) is 11.9. The molecule has 0 saturated carbocycles. The Labute approximate surface area is 128 Å². The van der Waals surface area contributed by atoms with Gasteiger partial charge in [0.15, 0.2) is 5.65 Å². The first-order valence-corrected chi connectivity index (χ1v) is 7.20. The van der Waals surface area contributed by atoms with Gasteiger partial charge in [-0.1, -0.05) is 54.6 Å². The van der Waals surface area contributed by atoms with Gasteiger partial charge in [0.25, 0.3) is 0 Å². The van der Waals surface area contributed by atoms with Crippen LogP contribution in [0.2, 0.25) is 0 Å². The van der Waals surface area contributed by atoms with Gasteiger partial charge in [-0.05, 0) is 23.3 Å². The van der Waals surface area contributed by atoms with Crippen molar-refractivity contribution in [3.05, 3.63) is 79.1 Å². The number of benzene rings is 2. The van der Waals surface area contributed by atoms with Crippen molar-refractivity contribution in [2.75, 3.05) is 5.73 Å². The Bertz CT molecular complexity index is 922.